The molecule has 24 heavy (non-hydrogen) atoms. The first-order valence-corrected chi connectivity index (χ1v) is 9.99. The van der Waals surface area contributed by atoms with Gasteiger partial charge < -0.3 is 5.32 Å². The number of piperidine rings is 1. The number of sulfonamides is 1. The minimum absolute atomic E-state index is 0. The molecule has 0 aromatic heterocycles. The molecule has 3 rings (SSSR count). The van der Waals surface area contributed by atoms with Gasteiger partial charge in [0.1, 0.15) is 0 Å². The van der Waals surface area contributed by atoms with Crippen molar-refractivity contribution in [3.63, 3.8) is 0 Å². The molecule has 6 heteroatoms. The van der Waals surface area contributed by atoms with Gasteiger partial charge in [-0.25, -0.2) is 8.42 Å². The van der Waals surface area contributed by atoms with Crippen molar-refractivity contribution < 1.29 is 8.42 Å². The summed E-state index contributed by atoms with van der Waals surface area (Å²) >= 11 is 0. The molecule has 2 fully saturated rings. The van der Waals surface area contributed by atoms with E-state index >= 15 is 0 Å². The van der Waals surface area contributed by atoms with Gasteiger partial charge in [0.2, 0.25) is 10.0 Å². The molecule has 0 aliphatic carbocycles. The van der Waals surface area contributed by atoms with Crippen LogP contribution in [0.15, 0.2) is 4.90 Å². The van der Waals surface area contributed by atoms with Crippen molar-refractivity contribution in [1.82, 2.24) is 9.62 Å². The second-order valence-electron chi connectivity index (χ2n) is 7.22. The predicted octanol–water partition coefficient (Wildman–Crippen LogP) is 3.02. The monoisotopic (exact) mass is 372 g/mol. The zero-order valence-electron chi connectivity index (χ0n) is 15.3. The smallest absolute Gasteiger partial charge is 0.243 e. The van der Waals surface area contributed by atoms with Crippen molar-refractivity contribution in [2.24, 2.45) is 5.92 Å². The van der Waals surface area contributed by atoms with E-state index in [1.54, 1.807) is 4.31 Å². The van der Waals surface area contributed by atoms with E-state index < -0.39 is 10.0 Å². The Kier molecular flexibility index (Phi) is 5.70. The Bertz CT molecular complexity index is 717. The van der Waals surface area contributed by atoms with Crippen molar-refractivity contribution in [3.05, 3.63) is 27.8 Å². The van der Waals surface area contributed by atoms with Crippen LogP contribution in [0.2, 0.25) is 0 Å². The van der Waals surface area contributed by atoms with Crippen LogP contribution in [0.5, 0.6) is 0 Å². The Balaban J connectivity index is 0.00000208. The Labute approximate surface area is 152 Å². The third kappa shape index (κ3) is 3.00. The molecule has 1 aromatic carbocycles. The van der Waals surface area contributed by atoms with Gasteiger partial charge in [0.15, 0.2) is 0 Å². The Morgan fingerprint density at radius 1 is 0.917 bits per heavy atom. The number of benzene rings is 1. The molecular weight excluding hydrogens is 344 g/mol. The lowest BCUT2D eigenvalue weighted by Gasteiger charge is -2.35. The standard InChI is InChI=1S/C18H28N2O2S.ClH/c1-11-12(2)14(4)18(15(5)13(11)3)23(21,22)20-9-7-17-16(10-20)6-8-19-17;/h16-17,19H,6-10H2,1-5H3;1H. The summed E-state index contributed by atoms with van der Waals surface area (Å²) in [5.41, 5.74) is 5.24. The highest BCUT2D eigenvalue weighted by molar-refractivity contribution is 7.89. The molecule has 1 N–H and O–H groups in total. The lowest BCUT2D eigenvalue weighted by molar-refractivity contribution is 0.247. The van der Waals surface area contributed by atoms with Gasteiger partial charge in [0.25, 0.3) is 0 Å². The van der Waals surface area contributed by atoms with Gasteiger partial charge in [-0.15, -0.1) is 12.4 Å². The van der Waals surface area contributed by atoms with Crippen LogP contribution in [-0.4, -0.2) is 38.4 Å². The average Bonchev–Trinajstić information content (AvgIpc) is 2.98. The molecule has 136 valence electrons. The fourth-order valence-corrected chi connectivity index (χ4v) is 6.29. The maximum Gasteiger partial charge on any atom is 0.243 e. The van der Waals surface area contributed by atoms with Crippen molar-refractivity contribution >= 4 is 22.4 Å². The van der Waals surface area contributed by atoms with Gasteiger partial charge in [-0.1, -0.05) is 0 Å². The molecule has 4 nitrogen and oxygen atoms in total. The van der Waals surface area contributed by atoms with Crippen LogP contribution < -0.4 is 5.32 Å². The van der Waals surface area contributed by atoms with Crippen molar-refractivity contribution in [2.45, 2.75) is 58.4 Å². The normalized spacial score (nSPS) is 24.5. The maximum atomic E-state index is 13.3. The van der Waals surface area contributed by atoms with Gasteiger partial charge >= 0.3 is 0 Å². The summed E-state index contributed by atoms with van der Waals surface area (Å²) in [6.07, 6.45) is 2.01. The van der Waals surface area contributed by atoms with Crippen molar-refractivity contribution in [1.29, 1.82) is 0 Å². The summed E-state index contributed by atoms with van der Waals surface area (Å²) in [6, 6.07) is 0.505. The van der Waals surface area contributed by atoms with Crippen LogP contribution >= 0.6 is 12.4 Å². The number of hydrogen-bond donors (Lipinski definition) is 1. The molecule has 0 spiro atoms. The quantitative estimate of drug-likeness (QED) is 0.868. The van der Waals surface area contributed by atoms with Gasteiger partial charge in [-0.3, -0.25) is 0 Å². The van der Waals surface area contributed by atoms with E-state index in [0.29, 0.717) is 29.9 Å². The van der Waals surface area contributed by atoms with Crippen LogP contribution in [0, 0.1) is 40.5 Å². The van der Waals surface area contributed by atoms with E-state index in [2.05, 4.69) is 12.2 Å². The first-order chi connectivity index (χ1) is 10.7. The van der Waals surface area contributed by atoms with E-state index in [-0.39, 0.29) is 12.4 Å². The van der Waals surface area contributed by atoms with E-state index in [1.165, 1.54) is 5.56 Å². The average molecular weight is 373 g/mol. The third-order valence-electron chi connectivity index (χ3n) is 6.15. The highest BCUT2D eigenvalue weighted by Crippen LogP contribution is 2.34. The molecule has 2 aliphatic heterocycles. The SMILES string of the molecule is Cc1c(C)c(C)c(S(=O)(=O)N2CCC3NCCC3C2)c(C)c1C.Cl. The summed E-state index contributed by atoms with van der Waals surface area (Å²) < 4.78 is 28.4. The molecule has 0 bridgehead atoms. The third-order valence-corrected chi connectivity index (χ3v) is 8.29. The molecule has 2 atom stereocenters. The molecule has 0 saturated carbocycles. The minimum atomic E-state index is -3.42. The second-order valence-corrected chi connectivity index (χ2v) is 9.09. The summed E-state index contributed by atoms with van der Waals surface area (Å²) in [5, 5.41) is 3.50. The lowest BCUT2D eigenvalue weighted by atomic mass is 9.95. The fourth-order valence-electron chi connectivity index (χ4n) is 4.21. The first-order valence-electron chi connectivity index (χ1n) is 8.55. The molecule has 2 saturated heterocycles. The predicted molar refractivity (Wildman–Crippen MR) is 101 cm³/mol. The first kappa shape index (κ1) is 19.7. The van der Waals surface area contributed by atoms with Crippen LogP contribution in [0.1, 0.15) is 40.7 Å². The lowest BCUT2D eigenvalue weighted by Crippen LogP contribution is -2.47. The number of hydrogen-bond acceptors (Lipinski definition) is 3. The van der Waals surface area contributed by atoms with E-state index in [9.17, 15) is 8.42 Å². The maximum absolute atomic E-state index is 13.3. The summed E-state index contributed by atoms with van der Waals surface area (Å²) in [6.45, 7) is 12.3. The Morgan fingerprint density at radius 2 is 1.46 bits per heavy atom. The number of nitrogens with one attached hydrogen (secondary N) is 1. The zero-order chi connectivity index (χ0) is 16.9. The highest BCUT2D eigenvalue weighted by Gasteiger charge is 2.39. The summed E-state index contributed by atoms with van der Waals surface area (Å²) in [5.74, 6) is 0.465. The molecule has 1 aromatic rings. The topological polar surface area (TPSA) is 49.4 Å². The van der Waals surface area contributed by atoms with Crippen LogP contribution in [-0.2, 0) is 10.0 Å². The van der Waals surface area contributed by atoms with Crippen molar-refractivity contribution in [3.8, 4) is 0 Å². The van der Waals surface area contributed by atoms with Crippen LogP contribution in [0.4, 0.5) is 0 Å². The fraction of sp³-hybridized carbons (Fsp3) is 0.667. The van der Waals surface area contributed by atoms with E-state index in [1.807, 2.05) is 27.7 Å². The molecular formula is C18H29ClN2O2S. The second kappa shape index (κ2) is 6.94. The van der Waals surface area contributed by atoms with Gasteiger partial charge in [-0.2, -0.15) is 4.31 Å². The number of nitrogens with zero attached hydrogens (tertiary/aromatic N) is 1. The number of fused-ring (bicyclic) bond motifs is 1. The van der Waals surface area contributed by atoms with E-state index in [0.717, 1.165) is 41.6 Å². The van der Waals surface area contributed by atoms with Gasteiger partial charge in [0, 0.05) is 19.1 Å². The molecule has 2 unspecified atom stereocenters. The van der Waals surface area contributed by atoms with Crippen LogP contribution in [0.25, 0.3) is 0 Å². The molecule has 0 radical (unpaired) electrons. The largest absolute Gasteiger partial charge is 0.314 e. The van der Waals surface area contributed by atoms with E-state index in [4.69, 9.17) is 0 Å². The summed E-state index contributed by atoms with van der Waals surface area (Å²) in [7, 11) is -3.42. The van der Waals surface area contributed by atoms with Gasteiger partial charge in [0.05, 0.1) is 4.90 Å². The molecule has 0 amide bonds. The molecule has 2 heterocycles. The minimum Gasteiger partial charge on any atom is -0.314 e. The van der Waals surface area contributed by atoms with Crippen LogP contribution in [0.3, 0.4) is 0 Å². The Hall–Kier alpha value is -0.620. The highest BCUT2D eigenvalue weighted by atomic mass is 35.5. The van der Waals surface area contributed by atoms with Crippen molar-refractivity contribution in [2.75, 3.05) is 19.6 Å². The summed E-state index contributed by atoms with van der Waals surface area (Å²) in [4.78, 5) is 0.544. The number of rotatable bonds is 2. The Morgan fingerprint density at radius 3 is 2.04 bits per heavy atom. The van der Waals surface area contributed by atoms with Gasteiger partial charge in [-0.05, 0) is 87.7 Å². The molecule has 2 aliphatic rings. The zero-order valence-corrected chi connectivity index (χ0v) is 16.9. The number of halogens is 1.